The molecule has 0 aromatic carbocycles. The Balaban J connectivity index is 1.40. The van der Waals surface area contributed by atoms with Gasteiger partial charge in [-0.2, -0.15) is 5.10 Å². The van der Waals surface area contributed by atoms with Crippen molar-refractivity contribution in [3.8, 4) is 0 Å². The second-order valence-electron chi connectivity index (χ2n) is 8.14. The third-order valence-electron chi connectivity index (χ3n) is 5.83. The molecule has 2 heterocycles. The van der Waals surface area contributed by atoms with E-state index in [9.17, 15) is 8.42 Å². The fourth-order valence-electron chi connectivity index (χ4n) is 4.54. The van der Waals surface area contributed by atoms with E-state index in [1.807, 2.05) is 25.4 Å². The summed E-state index contributed by atoms with van der Waals surface area (Å²) in [4.78, 5) is 2.59. The first-order valence-corrected chi connectivity index (χ1v) is 11.9. The number of nitrogens with one attached hydrogen (secondary N) is 1. The summed E-state index contributed by atoms with van der Waals surface area (Å²) in [5, 5.41) is 4.32. The SMILES string of the molecule is CCCS(=O)(=O)N[C@@H]1CCC[C@@H](CN2CCC(Cn3cccn3)CC2)C1. The van der Waals surface area contributed by atoms with Crippen molar-refractivity contribution in [3.05, 3.63) is 18.5 Å². The lowest BCUT2D eigenvalue weighted by atomic mass is 9.85. The van der Waals surface area contributed by atoms with E-state index in [1.165, 1.54) is 19.3 Å². The Kier molecular flexibility index (Phi) is 7.12. The van der Waals surface area contributed by atoms with Crippen LogP contribution in [0.5, 0.6) is 0 Å². The molecule has 0 unspecified atom stereocenters. The molecule has 26 heavy (non-hydrogen) atoms. The summed E-state index contributed by atoms with van der Waals surface area (Å²) in [7, 11) is -3.09. The van der Waals surface area contributed by atoms with Crippen molar-refractivity contribution >= 4 is 10.0 Å². The molecule has 1 N–H and O–H groups in total. The highest BCUT2D eigenvalue weighted by molar-refractivity contribution is 7.89. The van der Waals surface area contributed by atoms with Gasteiger partial charge in [0.05, 0.1) is 5.75 Å². The number of nitrogens with zero attached hydrogens (tertiary/aromatic N) is 3. The Morgan fingerprint density at radius 2 is 1.92 bits per heavy atom. The van der Waals surface area contributed by atoms with Gasteiger partial charge in [-0.3, -0.25) is 4.68 Å². The minimum absolute atomic E-state index is 0.141. The maximum atomic E-state index is 12.0. The highest BCUT2D eigenvalue weighted by Crippen LogP contribution is 2.27. The van der Waals surface area contributed by atoms with Crippen molar-refractivity contribution in [2.24, 2.45) is 11.8 Å². The van der Waals surface area contributed by atoms with E-state index in [1.54, 1.807) is 0 Å². The minimum Gasteiger partial charge on any atom is -0.303 e. The number of hydrogen-bond donors (Lipinski definition) is 1. The van der Waals surface area contributed by atoms with Gasteiger partial charge < -0.3 is 4.90 Å². The Hall–Kier alpha value is -0.920. The molecule has 1 aliphatic carbocycles. The summed E-state index contributed by atoms with van der Waals surface area (Å²) in [6.07, 6.45) is 11.4. The van der Waals surface area contributed by atoms with Gasteiger partial charge in [0, 0.05) is 31.5 Å². The molecule has 1 aromatic heterocycles. The first-order valence-electron chi connectivity index (χ1n) is 10.2. The van der Waals surface area contributed by atoms with Gasteiger partial charge in [0.2, 0.25) is 10.0 Å². The lowest BCUT2D eigenvalue weighted by Crippen LogP contribution is -2.43. The quantitative estimate of drug-likeness (QED) is 0.750. The molecular weight excluding hydrogens is 348 g/mol. The molecule has 1 aliphatic heterocycles. The van der Waals surface area contributed by atoms with Gasteiger partial charge in [0.1, 0.15) is 0 Å². The molecule has 2 aliphatic rings. The average molecular weight is 383 g/mol. The maximum absolute atomic E-state index is 12.0. The topological polar surface area (TPSA) is 67.2 Å². The van der Waals surface area contributed by atoms with Crippen LogP contribution in [0.15, 0.2) is 18.5 Å². The summed E-state index contributed by atoms with van der Waals surface area (Å²) >= 11 is 0. The van der Waals surface area contributed by atoms with Crippen LogP contribution in [-0.2, 0) is 16.6 Å². The van der Waals surface area contributed by atoms with Crippen molar-refractivity contribution in [1.82, 2.24) is 19.4 Å². The summed E-state index contributed by atoms with van der Waals surface area (Å²) in [5.41, 5.74) is 0. The van der Waals surface area contributed by atoms with Gasteiger partial charge in [-0.15, -0.1) is 0 Å². The number of rotatable bonds is 8. The van der Waals surface area contributed by atoms with Crippen LogP contribution >= 0.6 is 0 Å². The highest BCUT2D eigenvalue weighted by Gasteiger charge is 2.28. The van der Waals surface area contributed by atoms with Crippen molar-refractivity contribution in [2.75, 3.05) is 25.4 Å². The molecule has 0 spiro atoms. The second-order valence-corrected chi connectivity index (χ2v) is 10.0. The van der Waals surface area contributed by atoms with Crippen LogP contribution in [0, 0.1) is 11.8 Å². The predicted octanol–water partition coefficient (Wildman–Crippen LogP) is 2.48. The minimum atomic E-state index is -3.09. The first-order chi connectivity index (χ1) is 12.5. The molecule has 148 valence electrons. The molecule has 0 bridgehead atoms. The Morgan fingerprint density at radius 3 is 2.62 bits per heavy atom. The zero-order valence-corrected chi connectivity index (χ0v) is 16.8. The van der Waals surface area contributed by atoms with Crippen LogP contribution in [0.4, 0.5) is 0 Å². The van der Waals surface area contributed by atoms with E-state index in [4.69, 9.17) is 0 Å². The third kappa shape index (κ3) is 6.06. The van der Waals surface area contributed by atoms with Crippen LogP contribution < -0.4 is 4.72 Å². The summed E-state index contributed by atoms with van der Waals surface area (Å²) in [6.45, 7) is 6.40. The molecular formula is C19H34N4O2S. The monoisotopic (exact) mass is 382 g/mol. The van der Waals surface area contributed by atoms with Crippen LogP contribution in [-0.4, -0.2) is 54.5 Å². The van der Waals surface area contributed by atoms with Gasteiger partial charge in [0.25, 0.3) is 0 Å². The molecule has 1 saturated heterocycles. The van der Waals surface area contributed by atoms with Crippen LogP contribution in [0.1, 0.15) is 51.9 Å². The lowest BCUT2D eigenvalue weighted by molar-refractivity contribution is 0.133. The average Bonchev–Trinajstić information content (AvgIpc) is 3.09. The van der Waals surface area contributed by atoms with E-state index in [2.05, 4.69) is 19.4 Å². The maximum Gasteiger partial charge on any atom is 0.211 e. The molecule has 7 heteroatoms. The van der Waals surface area contributed by atoms with E-state index in [0.717, 1.165) is 51.4 Å². The second kappa shape index (κ2) is 9.33. The number of aromatic nitrogens is 2. The van der Waals surface area contributed by atoms with Crippen LogP contribution in [0.3, 0.4) is 0 Å². The van der Waals surface area contributed by atoms with Crippen molar-refractivity contribution in [1.29, 1.82) is 0 Å². The fourth-order valence-corrected chi connectivity index (χ4v) is 5.91. The molecule has 3 rings (SSSR count). The fraction of sp³-hybridized carbons (Fsp3) is 0.842. The zero-order valence-electron chi connectivity index (χ0n) is 16.0. The zero-order chi connectivity index (χ0) is 18.4. The molecule has 0 radical (unpaired) electrons. The summed E-state index contributed by atoms with van der Waals surface area (Å²) < 4.78 is 29.1. The largest absolute Gasteiger partial charge is 0.303 e. The number of hydrogen-bond acceptors (Lipinski definition) is 4. The summed E-state index contributed by atoms with van der Waals surface area (Å²) in [6, 6.07) is 2.13. The molecule has 1 aromatic rings. The van der Waals surface area contributed by atoms with Gasteiger partial charge >= 0.3 is 0 Å². The number of sulfonamides is 1. The number of piperidine rings is 1. The first kappa shape index (κ1) is 19.8. The molecule has 0 amide bonds. The van der Waals surface area contributed by atoms with Gasteiger partial charge in [-0.1, -0.05) is 13.3 Å². The molecule has 2 atom stereocenters. The van der Waals surface area contributed by atoms with Crippen molar-refractivity contribution in [3.63, 3.8) is 0 Å². The third-order valence-corrected chi connectivity index (χ3v) is 7.47. The molecule has 1 saturated carbocycles. The number of likely N-dealkylation sites (tertiary alicyclic amines) is 1. The van der Waals surface area contributed by atoms with Crippen LogP contribution in [0.2, 0.25) is 0 Å². The highest BCUT2D eigenvalue weighted by atomic mass is 32.2. The van der Waals surface area contributed by atoms with Crippen molar-refractivity contribution in [2.45, 2.75) is 64.5 Å². The van der Waals surface area contributed by atoms with Gasteiger partial charge in [-0.25, -0.2) is 13.1 Å². The van der Waals surface area contributed by atoms with E-state index in [-0.39, 0.29) is 11.8 Å². The van der Waals surface area contributed by atoms with Crippen LogP contribution in [0.25, 0.3) is 0 Å². The van der Waals surface area contributed by atoms with E-state index < -0.39 is 10.0 Å². The van der Waals surface area contributed by atoms with Gasteiger partial charge in [0.15, 0.2) is 0 Å². The molecule has 6 nitrogen and oxygen atoms in total. The smallest absolute Gasteiger partial charge is 0.211 e. The van der Waals surface area contributed by atoms with Gasteiger partial charge in [-0.05, 0) is 69.5 Å². The Labute approximate surface area is 158 Å². The standard InChI is InChI=1S/C19H34N4O2S/c1-2-13-26(24,25)21-19-6-3-5-18(14-19)15-22-11-7-17(8-12-22)16-23-10-4-9-20-23/h4,9-10,17-19,21H,2-3,5-8,11-16H2,1H3/t18-,19-/m1/s1. The Bertz CT molecular complexity index is 624. The predicted molar refractivity (Wildman–Crippen MR) is 104 cm³/mol. The molecule has 2 fully saturated rings. The summed E-state index contributed by atoms with van der Waals surface area (Å²) in [5.74, 6) is 1.60. The Morgan fingerprint density at radius 1 is 1.12 bits per heavy atom. The van der Waals surface area contributed by atoms with E-state index in [0.29, 0.717) is 12.3 Å². The lowest BCUT2D eigenvalue weighted by Gasteiger charge is -2.37. The normalized spacial score (nSPS) is 26.2. The van der Waals surface area contributed by atoms with Crippen molar-refractivity contribution < 1.29 is 8.42 Å². The van der Waals surface area contributed by atoms with E-state index >= 15 is 0 Å².